The Morgan fingerprint density at radius 2 is 1.97 bits per heavy atom. The summed E-state index contributed by atoms with van der Waals surface area (Å²) in [5.41, 5.74) is 0.0292. The summed E-state index contributed by atoms with van der Waals surface area (Å²) in [6.45, 7) is 0.111. The van der Waals surface area contributed by atoms with Gasteiger partial charge in [-0.2, -0.15) is 0 Å². The van der Waals surface area contributed by atoms with E-state index >= 15 is 0 Å². The highest BCUT2D eigenvalue weighted by Gasteiger charge is 2.27. The van der Waals surface area contributed by atoms with Gasteiger partial charge in [-0.15, -0.1) is 0 Å². The number of benzene rings is 2. The fourth-order valence-corrected chi connectivity index (χ4v) is 3.42. The molecule has 1 atom stereocenters. The van der Waals surface area contributed by atoms with E-state index in [0.717, 1.165) is 6.07 Å². The number of hydrogen-bond acceptors (Lipinski definition) is 6. The van der Waals surface area contributed by atoms with E-state index in [4.69, 9.17) is 32.7 Å². The maximum Gasteiger partial charge on any atom is 0.420 e. The number of nitrogens with one attached hydrogen (secondary N) is 2. The van der Waals surface area contributed by atoms with Crippen LogP contribution in [-0.4, -0.2) is 53.8 Å². The zero-order valence-electron chi connectivity index (χ0n) is 17.1. The Labute approximate surface area is 198 Å². The number of rotatable bonds is 5. The Morgan fingerprint density at radius 1 is 1.18 bits per heavy atom. The van der Waals surface area contributed by atoms with Crippen LogP contribution in [0.1, 0.15) is 12.8 Å². The lowest BCUT2D eigenvalue weighted by atomic mass is 10.1. The van der Waals surface area contributed by atoms with Gasteiger partial charge in [-0.1, -0.05) is 23.2 Å². The molecule has 0 aromatic heterocycles. The van der Waals surface area contributed by atoms with Gasteiger partial charge in [-0.3, -0.25) is 10.1 Å². The Bertz CT molecular complexity index is 1050. The summed E-state index contributed by atoms with van der Waals surface area (Å²) in [7, 11) is 0. The Balaban J connectivity index is 1.45. The number of halogens is 3. The lowest BCUT2D eigenvalue weighted by molar-refractivity contribution is -0.124. The van der Waals surface area contributed by atoms with Crippen molar-refractivity contribution in [1.29, 1.82) is 0 Å². The molecule has 2 aromatic rings. The Hall–Kier alpha value is -3.24. The molecular formula is C21H20Cl2FN3O6. The van der Waals surface area contributed by atoms with Crippen molar-refractivity contribution < 1.29 is 33.4 Å². The number of piperidine rings is 1. The molecule has 12 heteroatoms. The van der Waals surface area contributed by atoms with Gasteiger partial charge in [0, 0.05) is 36.3 Å². The first-order valence-corrected chi connectivity index (χ1v) is 10.6. The van der Waals surface area contributed by atoms with E-state index in [-0.39, 0.29) is 46.4 Å². The average molecular weight is 500 g/mol. The minimum absolute atomic E-state index is 0.0292. The number of ether oxygens (including phenoxy) is 2. The number of aromatic hydroxyl groups is 1. The molecule has 1 heterocycles. The van der Waals surface area contributed by atoms with Crippen molar-refractivity contribution >= 4 is 47.0 Å². The third kappa shape index (κ3) is 7.13. The number of hydrogen-bond donors (Lipinski definition) is 3. The first kappa shape index (κ1) is 24.4. The van der Waals surface area contributed by atoms with Crippen LogP contribution in [0.4, 0.5) is 19.7 Å². The lowest BCUT2D eigenvalue weighted by Crippen LogP contribution is -2.51. The molecule has 0 bridgehead atoms. The van der Waals surface area contributed by atoms with Crippen LogP contribution in [0.25, 0.3) is 0 Å². The van der Waals surface area contributed by atoms with Crippen LogP contribution in [0.15, 0.2) is 36.4 Å². The van der Waals surface area contributed by atoms with Gasteiger partial charge in [-0.05, 0) is 37.1 Å². The van der Waals surface area contributed by atoms with Gasteiger partial charge in [0.2, 0.25) is 0 Å². The fraction of sp³-hybridized carbons (Fsp3) is 0.286. The van der Waals surface area contributed by atoms with Crippen LogP contribution in [0.3, 0.4) is 0 Å². The summed E-state index contributed by atoms with van der Waals surface area (Å²) in [4.78, 5) is 37.7. The Kier molecular flexibility index (Phi) is 8.18. The van der Waals surface area contributed by atoms with Gasteiger partial charge in [0.1, 0.15) is 17.3 Å². The van der Waals surface area contributed by atoms with Crippen molar-refractivity contribution in [2.75, 3.05) is 25.0 Å². The van der Waals surface area contributed by atoms with Crippen molar-refractivity contribution in [3.63, 3.8) is 0 Å². The zero-order chi connectivity index (χ0) is 24.0. The number of carbonyl (C=O) groups excluding carboxylic acids is 3. The zero-order valence-corrected chi connectivity index (χ0v) is 18.7. The highest BCUT2D eigenvalue weighted by Crippen LogP contribution is 2.26. The van der Waals surface area contributed by atoms with E-state index in [1.165, 1.54) is 35.2 Å². The first-order valence-electron chi connectivity index (χ1n) is 9.84. The van der Waals surface area contributed by atoms with Crippen LogP contribution in [0.2, 0.25) is 10.0 Å². The molecule has 2 aromatic carbocycles. The standard InChI is InChI=1S/C21H20Cl2FN3O6/c22-12-3-6-17(18(28)8-12)26-20(30)33-21(31)27-7-1-2-13(10-27)25-19(29)11-32-14-4-5-15(23)16(24)9-14/h3-6,8-9,13,28H,1-2,7,10-11H2,(H,25,29)(H,26,30). The summed E-state index contributed by atoms with van der Waals surface area (Å²) in [6, 6.07) is 7.48. The number of phenolic OH excluding ortho intramolecular Hbond substituents is 1. The molecule has 0 saturated carbocycles. The number of likely N-dealkylation sites (tertiary alicyclic amines) is 1. The number of nitrogens with zero attached hydrogens (tertiary/aromatic N) is 1. The summed E-state index contributed by atoms with van der Waals surface area (Å²) >= 11 is 11.3. The number of carbonyl (C=O) groups is 3. The normalized spacial score (nSPS) is 15.5. The van der Waals surface area contributed by atoms with Gasteiger partial charge in [0.15, 0.2) is 6.61 Å². The van der Waals surface area contributed by atoms with Gasteiger partial charge >= 0.3 is 12.2 Å². The van der Waals surface area contributed by atoms with Crippen molar-refractivity contribution in [2.45, 2.75) is 18.9 Å². The van der Waals surface area contributed by atoms with E-state index in [2.05, 4.69) is 10.6 Å². The van der Waals surface area contributed by atoms with Gasteiger partial charge in [-0.25, -0.2) is 14.0 Å². The molecule has 3 rings (SSSR count). The van der Waals surface area contributed by atoms with Crippen LogP contribution >= 0.6 is 23.2 Å². The molecular weight excluding hydrogens is 480 g/mol. The number of phenols is 1. The highest BCUT2D eigenvalue weighted by molar-refractivity contribution is 6.31. The SMILES string of the molecule is O=C(COc1ccc(Cl)c(F)c1)NC1CCCN(C(=O)OC(=O)Nc2ccc(Cl)cc2O)C1. The first-order chi connectivity index (χ1) is 15.7. The molecule has 1 saturated heterocycles. The Morgan fingerprint density at radius 3 is 2.70 bits per heavy atom. The monoisotopic (exact) mass is 499 g/mol. The molecule has 0 spiro atoms. The quantitative estimate of drug-likeness (QED) is 0.419. The molecule has 9 nitrogen and oxygen atoms in total. The summed E-state index contributed by atoms with van der Waals surface area (Å²) in [5.74, 6) is -1.25. The molecule has 0 aliphatic carbocycles. The molecule has 0 radical (unpaired) electrons. The number of anilines is 1. The van der Waals surface area contributed by atoms with E-state index < -0.39 is 23.9 Å². The second kappa shape index (κ2) is 11.1. The van der Waals surface area contributed by atoms with Gasteiger partial charge < -0.3 is 24.8 Å². The molecule has 1 unspecified atom stereocenters. The molecule has 1 aliphatic rings. The summed E-state index contributed by atoms with van der Waals surface area (Å²) in [6.07, 6.45) is -0.793. The maximum atomic E-state index is 13.4. The van der Waals surface area contributed by atoms with Crippen LogP contribution in [0, 0.1) is 5.82 Å². The van der Waals surface area contributed by atoms with Crippen LogP contribution < -0.4 is 15.4 Å². The molecule has 33 heavy (non-hydrogen) atoms. The van der Waals surface area contributed by atoms with E-state index in [0.29, 0.717) is 19.4 Å². The van der Waals surface area contributed by atoms with Crippen LogP contribution in [0.5, 0.6) is 11.5 Å². The van der Waals surface area contributed by atoms with E-state index in [9.17, 15) is 23.9 Å². The minimum atomic E-state index is -1.08. The van der Waals surface area contributed by atoms with Crippen LogP contribution in [-0.2, 0) is 9.53 Å². The smallest absolute Gasteiger partial charge is 0.420 e. The maximum absolute atomic E-state index is 13.4. The fourth-order valence-electron chi connectivity index (χ4n) is 3.14. The molecule has 1 aliphatic heterocycles. The molecule has 176 valence electrons. The molecule has 1 fully saturated rings. The van der Waals surface area contributed by atoms with Gasteiger partial charge in [0.25, 0.3) is 5.91 Å². The minimum Gasteiger partial charge on any atom is -0.506 e. The topological polar surface area (TPSA) is 117 Å². The summed E-state index contributed by atoms with van der Waals surface area (Å²) in [5, 5.41) is 15.0. The largest absolute Gasteiger partial charge is 0.506 e. The second-order valence-electron chi connectivity index (χ2n) is 7.16. The van der Waals surface area contributed by atoms with E-state index in [1.54, 1.807) is 0 Å². The van der Waals surface area contributed by atoms with E-state index in [1.807, 2.05) is 0 Å². The van der Waals surface area contributed by atoms with Gasteiger partial charge in [0.05, 0.1) is 10.7 Å². The van der Waals surface area contributed by atoms with Crippen molar-refractivity contribution in [3.05, 3.63) is 52.3 Å². The lowest BCUT2D eigenvalue weighted by Gasteiger charge is -2.32. The summed E-state index contributed by atoms with van der Waals surface area (Å²) < 4.78 is 23.5. The predicted molar refractivity (Wildman–Crippen MR) is 118 cm³/mol. The molecule has 3 amide bonds. The van der Waals surface area contributed by atoms with Crippen molar-refractivity contribution in [3.8, 4) is 11.5 Å². The molecule has 3 N–H and O–H groups in total. The van der Waals surface area contributed by atoms with Crippen molar-refractivity contribution in [2.24, 2.45) is 0 Å². The second-order valence-corrected chi connectivity index (χ2v) is 8.00. The third-order valence-corrected chi connectivity index (χ3v) is 5.22. The number of amides is 3. The van der Waals surface area contributed by atoms with Crippen molar-refractivity contribution in [1.82, 2.24) is 10.2 Å². The predicted octanol–water partition coefficient (Wildman–Crippen LogP) is 4.17. The highest BCUT2D eigenvalue weighted by atomic mass is 35.5. The third-order valence-electron chi connectivity index (χ3n) is 4.68. The average Bonchev–Trinajstić information content (AvgIpc) is 2.76.